The number of likely N-dealkylation sites (N-methyl/N-ethyl adjacent to an activating group) is 1. The molecule has 1 amide bonds. The second kappa shape index (κ2) is 53.8. The summed E-state index contributed by atoms with van der Waals surface area (Å²) in [6, 6.07) is -0.763. The van der Waals surface area contributed by atoms with Crippen molar-refractivity contribution in [2.45, 2.75) is 328 Å². The monoisotopic (exact) mass is 1020 g/mol. The minimum absolute atomic E-state index is 0.0752. The topological polar surface area (TPSA) is 105 Å². The highest BCUT2D eigenvalue weighted by molar-refractivity contribution is 7.47. The third-order valence-corrected chi connectivity index (χ3v) is 15.4. The third kappa shape index (κ3) is 56.5. The van der Waals surface area contributed by atoms with Crippen molar-refractivity contribution < 1.29 is 32.9 Å². The Kier molecular flexibility index (Phi) is 53.0. The number of phosphoric ester groups is 1. The first-order valence-electron chi connectivity index (χ1n) is 31.2. The molecule has 8 nitrogen and oxygen atoms in total. The summed E-state index contributed by atoms with van der Waals surface area (Å²) in [5.41, 5.74) is 0. The smallest absolute Gasteiger partial charge is 0.391 e. The molecule has 0 aliphatic heterocycles. The van der Waals surface area contributed by atoms with Crippen LogP contribution in [0.15, 0.2) is 24.3 Å². The molecular weight excluding hydrogens is 900 g/mol. The molecule has 3 N–H and O–H groups in total. The van der Waals surface area contributed by atoms with E-state index in [1.807, 2.05) is 21.1 Å². The maximum Gasteiger partial charge on any atom is 0.472 e. The van der Waals surface area contributed by atoms with Crippen LogP contribution < -0.4 is 5.32 Å². The van der Waals surface area contributed by atoms with Gasteiger partial charge < -0.3 is 19.8 Å². The van der Waals surface area contributed by atoms with Gasteiger partial charge in [-0.05, 0) is 44.9 Å². The first-order chi connectivity index (χ1) is 34.5. The van der Waals surface area contributed by atoms with E-state index < -0.39 is 20.0 Å². The average molecular weight is 1020 g/mol. The second-order valence-corrected chi connectivity index (χ2v) is 24.2. The van der Waals surface area contributed by atoms with Crippen LogP contribution in [0.3, 0.4) is 0 Å². The predicted octanol–water partition coefficient (Wildman–Crippen LogP) is 19.2. The van der Waals surface area contributed by atoms with Crippen molar-refractivity contribution in [1.82, 2.24) is 5.32 Å². The Labute approximate surface area is 443 Å². The molecule has 0 aliphatic carbocycles. The molecule has 0 fully saturated rings. The van der Waals surface area contributed by atoms with Crippen molar-refractivity contribution in [3.63, 3.8) is 0 Å². The Balaban J connectivity index is 4.12. The zero-order valence-electron chi connectivity index (χ0n) is 48.2. The van der Waals surface area contributed by atoms with Crippen molar-refractivity contribution in [3.05, 3.63) is 24.3 Å². The van der Waals surface area contributed by atoms with Crippen LogP contribution in [0.25, 0.3) is 0 Å². The Hall–Kier alpha value is -1.02. The molecule has 0 aromatic carbocycles. The highest BCUT2D eigenvalue weighted by Gasteiger charge is 2.28. The number of rotatable bonds is 58. The normalized spacial score (nSPS) is 14.0. The van der Waals surface area contributed by atoms with E-state index in [9.17, 15) is 19.4 Å². The van der Waals surface area contributed by atoms with Gasteiger partial charge in [-0.2, -0.15) is 0 Å². The highest BCUT2D eigenvalue weighted by atomic mass is 31.2. The number of phosphoric acid groups is 1. The van der Waals surface area contributed by atoms with Crippen LogP contribution in [-0.2, 0) is 18.4 Å². The van der Waals surface area contributed by atoms with Crippen LogP contribution in [-0.4, -0.2) is 73.4 Å². The molecule has 0 radical (unpaired) electrons. The summed E-state index contributed by atoms with van der Waals surface area (Å²) < 4.78 is 23.8. The molecule has 3 unspecified atom stereocenters. The number of quaternary nitrogens is 1. The lowest BCUT2D eigenvalue weighted by molar-refractivity contribution is -0.870. The second-order valence-electron chi connectivity index (χ2n) is 22.8. The van der Waals surface area contributed by atoms with Crippen molar-refractivity contribution >= 4 is 13.7 Å². The van der Waals surface area contributed by atoms with E-state index in [0.717, 1.165) is 44.9 Å². The lowest BCUT2D eigenvalue weighted by Gasteiger charge is -2.26. The Morgan fingerprint density at radius 1 is 0.479 bits per heavy atom. The van der Waals surface area contributed by atoms with Gasteiger partial charge in [-0.3, -0.25) is 13.8 Å². The van der Waals surface area contributed by atoms with Crippen LogP contribution in [0.5, 0.6) is 0 Å². The van der Waals surface area contributed by atoms with E-state index in [1.165, 1.54) is 244 Å². The molecule has 0 aromatic rings. The number of nitrogens with one attached hydrogen (secondary N) is 1. The lowest BCUT2D eigenvalue weighted by atomic mass is 10.0. The molecule has 0 heterocycles. The van der Waals surface area contributed by atoms with Gasteiger partial charge in [0.1, 0.15) is 13.2 Å². The quantitative estimate of drug-likeness (QED) is 0.0243. The van der Waals surface area contributed by atoms with Gasteiger partial charge in [0.05, 0.1) is 39.9 Å². The summed E-state index contributed by atoms with van der Waals surface area (Å²) >= 11 is 0. The molecule has 9 heteroatoms. The number of unbranched alkanes of at least 4 members (excludes halogenated alkanes) is 41. The van der Waals surface area contributed by atoms with Gasteiger partial charge in [0.2, 0.25) is 5.91 Å². The number of hydrogen-bond acceptors (Lipinski definition) is 5. The summed E-state index contributed by atoms with van der Waals surface area (Å²) in [5.74, 6) is -0.143. The summed E-state index contributed by atoms with van der Waals surface area (Å²) in [6.45, 7) is 4.93. The number of carbonyl (C=O) groups is 1. The largest absolute Gasteiger partial charge is 0.472 e. The number of aliphatic hydroxyl groups excluding tert-OH is 1. The fraction of sp³-hybridized carbons (Fsp3) is 0.919. The minimum Gasteiger partial charge on any atom is -0.391 e. The van der Waals surface area contributed by atoms with Crippen LogP contribution in [0.4, 0.5) is 0 Å². The summed E-state index contributed by atoms with van der Waals surface area (Å²) in [4.78, 5) is 23.4. The van der Waals surface area contributed by atoms with E-state index in [1.54, 1.807) is 0 Å². The fourth-order valence-corrected chi connectivity index (χ4v) is 10.3. The van der Waals surface area contributed by atoms with Gasteiger partial charge >= 0.3 is 7.82 Å². The number of hydrogen-bond donors (Lipinski definition) is 3. The van der Waals surface area contributed by atoms with Crippen molar-refractivity contribution in [1.29, 1.82) is 0 Å². The van der Waals surface area contributed by atoms with E-state index in [0.29, 0.717) is 23.9 Å². The lowest BCUT2D eigenvalue weighted by Crippen LogP contribution is -2.46. The standard InChI is InChI=1S/C62H123N2O6P/c1-6-8-10-12-14-16-18-20-22-24-26-28-30-32-34-36-38-40-42-44-46-48-50-52-54-56-62(66)63-60(59-70-71(67,68)69-58-57-64(3,4)5)61(65)55-53-51-49-47-45-43-41-39-37-35-33-31-29-27-25-23-21-19-17-15-13-11-9-7-2/h26,28,32,34,60-61,65H,6-25,27,29-31,33,35-59H2,1-5H3,(H-,63,66,67,68)/p+1/b28-26-,34-32-. The van der Waals surface area contributed by atoms with Crippen LogP contribution in [0, 0.1) is 0 Å². The molecule has 0 spiro atoms. The van der Waals surface area contributed by atoms with Crippen molar-refractivity contribution in [3.8, 4) is 0 Å². The maximum atomic E-state index is 13.0. The summed E-state index contributed by atoms with van der Waals surface area (Å²) in [5, 5.41) is 14.1. The van der Waals surface area contributed by atoms with E-state index in [-0.39, 0.29) is 19.1 Å². The maximum absolute atomic E-state index is 13.0. The molecule has 0 saturated carbocycles. The van der Waals surface area contributed by atoms with Crippen LogP contribution in [0.1, 0.15) is 316 Å². The molecule has 0 aromatic heterocycles. The number of nitrogens with zero attached hydrogens (tertiary/aromatic N) is 1. The highest BCUT2D eigenvalue weighted by Crippen LogP contribution is 2.43. The van der Waals surface area contributed by atoms with Gasteiger partial charge in [0.15, 0.2) is 0 Å². The van der Waals surface area contributed by atoms with Gasteiger partial charge in [0.25, 0.3) is 0 Å². The Morgan fingerprint density at radius 3 is 1.15 bits per heavy atom. The number of allylic oxidation sites excluding steroid dienone is 4. The van der Waals surface area contributed by atoms with E-state index in [4.69, 9.17) is 9.05 Å². The van der Waals surface area contributed by atoms with Gasteiger partial charge in [-0.25, -0.2) is 4.57 Å². The molecule has 3 atom stereocenters. The molecule has 71 heavy (non-hydrogen) atoms. The molecule has 0 aliphatic rings. The third-order valence-electron chi connectivity index (χ3n) is 14.5. The zero-order chi connectivity index (χ0) is 52.0. The van der Waals surface area contributed by atoms with Gasteiger partial charge in [0, 0.05) is 6.42 Å². The summed E-state index contributed by atoms with van der Waals surface area (Å²) in [6.07, 6.45) is 68.2. The SMILES string of the molecule is CCCCCCCCCCC/C=C\C/C=C\CCCCCCCCCCCC(=O)NC(COP(=O)(O)OCC[N+](C)(C)C)C(O)CCCCCCCCCCCCCCCCCCCCCCCCCC. The first kappa shape index (κ1) is 70.0. The molecule has 0 rings (SSSR count). The van der Waals surface area contributed by atoms with E-state index in [2.05, 4.69) is 43.5 Å². The van der Waals surface area contributed by atoms with Crippen LogP contribution in [0.2, 0.25) is 0 Å². The average Bonchev–Trinajstić information content (AvgIpc) is 3.33. The van der Waals surface area contributed by atoms with Crippen LogP contribution >= 0.6 is 7.82 Å². The molecule has 0 bridgehead atoms. The Bertz CT molecular complexity index is 1210. The fourth-order valence-electron chi connectivity index (χ4n) is 9.55. The van der Waals surface area contributed by atoms with E-state index >= 15 is 0 Å². The molecular formula is C62H124N2O6P+. The predicted molar refractivity (Wildman–Crippen MR) is 309 cm³/mol. The number of carbonyl (C=O) groups excluding carboxylic acids is 1. The molecule has 0 saturated heterocycles. The Morgan fingerprint density at radius 2 is 0.803 bits per heavy atom. The summed E-state index contributed by atoms with van der Waals surface area (Å²) in [7, 11) is 1.63. The van der Waals surface area contributed by atoms with Crippen molar-refractivity contribution in [2.24, 2.45) is 0 Å². The number of aliphatic hydroxyl groups is 1. The first-order valence-corrected chi connectivity index (χ1v) is 32.7. The van der Waals surface area contributed by atoms with Crippen molar-refractivity contribution in [2.75, 3.05) is 40.9 Å². The van der Waals surface area contributed by atoms with Gasteiger partial charge in [-0.15, -0.1) is 0 Å². The zero-order valence-corrected chi connectivity index (χ0v) is 49.1. The minimum atomic E-state index is -4.33. The molecule has 422 valence electrons. The van der Waals surface area contributed by atoms with Gasteiger partial charge in [-0.1, -0.05) is 289 Å². The number of amides is 1.